The number of aromatic carboxylic acids is 1. The highest BCUT2D eigenvalue weighted by atomic mass is 16.4. The molecule has 3 heteroatoms. The van der Waals surface area contributed by atoms with Gasteiger partial charge < -0.3 is 10.4 Å². The molecule has 0 fully saturated rings. The second-order valence-electron chi connectivity index (χ2n) is 4.47. The Morgan fingerprint density at radius 3 is 2.53 bits per heavy atom. The van der Waals surface area contributed by atoms with E-state index >= 15 is 0 Å². The van der Waals surface area contributed by atoms with E-state index in [-0.39, 0.29) is 0 Å². The minimum atomic E-state index is -0.899. The monoisotopic (exact) mass is 255 g/mol. The van der Waals surface area contributed by atoms with Crippen LogP contribution in [0.4, 0.5) is 11.4 Å². The average Bonchev–Trinajstić information content (AvgIpc) is 2.41. The molecule has 98 valence electrons. The first-order valence-corrected chi connectivity index (χ1v) is 6.30. The van der Waals surface area contributed by atoms with Crippen molar-refractivity contribution in [3.8, 4) is 0 Å². The molecule has 0 amide bonds. The lowest BCUT2D eigenvalue weighted by Crippen LogP contribution is -2.00. The Balaban J connectivity index is 2.31. The van der Waals surface area contributed by atoms with Crippen LogP contribution in [0.3, 0.4) is 0 Å². The number of benzene rings is 2. The molecule has 3 nitrogen and oxygen atoms in total. The molecule has 19 heavy (non-hydrogen) atoms. The van der Waals surface area contributed by atoms with Crippen molar-refractivity contribution in [2.24, 2.45) is 0 Å². The van der Waals surface area contributed by atoms with Gasteiger partial charge in [0.1, 0.15) is 0 Å². The molecule has 0 spiro atoms. The summed E-state index contributed by atoms with van der Waals surface area (Å²) in [5.74, 6) is -0.899. The molecule has 0 heterocycles. The lowest BCUT2D eigenvalue weighted by atomic mass is 10.1. The summed E-state index contributed by atoms with van der Waals surface area (Å²) in [6.07, 6.45) is 0.954. The fourth-order valence-electron chi connectivity index (χ4n) is 2.03. The van der Waals surface area contributed by atoms with Gasteiger partial charge >= 0.3 is 5.97 Å². The number of carboxylic acid groups (broad SMARTS) is 1. The first-order valence-electron chi connectivity index (χ1n) is 6.30. The summed E-state index contributed by atoms with van der Waals surface area (Å²) < 4.78 is 0. The van der Waals surface area contributed by atoms with Crippen molar-refractivity contribution in [3.63, 3.8) is 0 Å². The number of aryl methyl sites for hydroxylation is 2. The Hall–Kier alpha value is -2.29. The van der Waals surface area contributed by atoms with E-state index in [1.807, 2.05) is 31.2 Å². The van der Waals surface area contributed by atoms with Crippen molar-refractivity contribution >= 4 is 17.3 Å². The van der Waals surface area contributed by atoms with Gasteiger partial charge in [0.15, 0.2) is 0 Å². The fourth-order valence-corrected chi connectivity index (χ4v) is 2.03. The van der Waals surface area contributed by atoms with Crippen LogP contribution < -0.4 is 5.32 Å². The molecule has 0 saturated heterocycles. The Kier molecular flexibility index (Phi) is 3.85. The maximum absolute atomic E-state index is 10.9. The second kappa shape index (κ2) is 5.57. The van der Waals surface area contributed by atoms with Crippen LogP contribution in [-0.2, 0) is 6.42 Å². The molecule has 2 aromatic rings. The molecule has 2 N–H and O–H groups in total. The molecular formula is C16H17NO2. The topological polar surface area (TPSA) is 49.3 Å². The van der Waals surface area contributed by atoms with Crippen LogP contribution in [-0.4, -0.2) is 11.1 Å². The molecule has 0 atom stereocenters. The predicted octanol–water partition coefficient (Wildman–Crippen LogP) is 4.00. The minimum absolute atomic E-state index is 0.312. The van der Waals surface area contributed by atoms with Crippen LogP contribution in [0.2, 0.25) is 0 Å². The number of rotatable bonds is 4. The molecule has 0 aliphatic carbocycles. The summed E-state index contributed by atoms with van der Waals surface area (Å²) in [5.41, 5.74) is 4.48. The Morgan fingerprint density at radius 1 is 1.16 bits per heavy atom. The Bertz CT molecular complexity index is 605. The van der Waals surface area contributed by atoms with E-state index in [2.05, 4.69) is 18.3 Å². The molecule has 0 aliphatic rings. The van der Waals surface area contributed by atoms with Gasteiger partial charge in [-0.25, -0.2) is 4.79 Å². The van der Waals surface area contributed by atoms with Gasteiger partial charge in [0.25, 0.3) is 0 Å². The van der Waals surface area contributed by atoms with E-state index in [9.17, 15) is 4.79 Å². The predicted molar refractivity (Wildman–Crippen MR) is 77.2 cm³/mol. The maximum atomic E-state index is 10.9. The Morgan fingerprint density at radius 2 is 1.89 bits per heavy atom. The van der Waals surface area contributed by atoms with Crippen molar-refractivity contribution in [3.05, 3.63) is 59.2 Å². The number of para-hydroxylation sites is 1. The summed E-state index contributed by atoms with van der Waals surface area (Å²) in [6.45, 7) is 4.02. The van der Waals surface area contributed by atoms with E-state index in [0.717, 1.165) is 23.4 Å². The van der Waals surface area contributed by atoms with Gasteiger partial charge in [0.05, 0.1) is 5.56 Å². The smallest absolute Gasteiger partial charge is 0.335 e. The van der Waals surface area contributed by atoms with E-state index in [1.165, 1.54) is 5.56 Å². The van der Waals surface area contributed by atoms with Gasteiger partial charge in [0, 0.05) is 11.4 Å². The molecule has 0 bridgehead atoms. The van der Waals surface area contributed by atoms with Gasteiger partial charge in [0.2, 0.25) is 0 Å². The highest BCUT2D eigenvalue weighted by Gasteiger charge is 2.07. The van der Waals surface area contributed by atoms with Gasteiger partial charge in [-0.1, -0.05) is 25.1 Å². The van der Waals surface area contributed by atoms with Crippen LogP contribution in [0.1, 0.15) is 28.4 Å². The van der Waals surface area contributed by atoms with Crippen LogP contribution in [0, 0.1) is 6.92 Å². The third kappa shape index (κ3) is 2.94. The van der Waals surface area contributed by atoms with Crippen molar-refractivity contribution < 1.29 is 9.90 Å². The van der Waals surface area contributed by atoms with E-state index in [4.69, 9.17) is 5.11 Å². The molecule has 2 aromatic carbocycles. The zero-order valence-electron chi connectivity index (χ0n) is 11.1. The first-order chi connectivity index (χ1) is 9.11. The molecule has 0 radical (unpaired) electrons. The molecule has 0 unspecified atom stereocenters. The number of carbonyl (C=O) groups is 1. The number of anilines is 2. The number of carboxylic acids is 1. The largest absolute Gasteiger partial charge is 0.478 e. The number of hydrogen-bond donors (Lipinski definition) is 2. The second-order valence-corrected chi connectivity index (χ2v) is 4.47. The molecule has 0 saturated carbocycles. The van der Waals surface area contributed by atoms with Gasteiger partial charge in [-0.3, -0.25) is 0 Å². The van der Waals surface area contributed by atoms with Gasteiger partial charge in [-0.05, 0) is 48.7 Å². The quantitative estimate of drug-likeness (QED) is 0.868. The molecular weight excluding hydrogens is 238 g/mol. The summed E-state index contributed by atoms with van der Waals surface area (Å²) in [4.78, 5) is 10.9. The third-order valence-corrected chi connectivity index (χ3v) is 3.14. The van der Waals surface area contributed by atoms with Crippen molar-refractivity contribution in [2.45, 2.75) is 20.3 Å². The van der Waals surface area contributed by atoms with Crippen LogP contribution in [0.15, 0.2) is 42.5 Å². The number of hydrogen-bond acceptors (Lipinski definition) is 2. The Labute approximate surface area is 112 Å². The van der Waals surface area contributed by atoms with Crippen molar-refractivity contribution in [1.82, 2.24) is 0 Å². The van der Waals surface area contributed by atoms with Crippen LogP contribution >= 0.6 is 0 Å². The van der Waals surface area contributed by atoms with Crippen LogP contribution in [0.25, 0.3) is 0 Å². The molecule has 2 rings (SSSR count). The zero-order valence-corrected chi connectivity index (χ0v) is 11.1. The highest BCUT2D eigenvalue weighted by Crippen LogP contribution is 2.24. The summed E-state index contributed by atoms with van der Waals surface area (Å²) >= 11 is 0. The van der Waals surface area contributed by atoms with E-state index in [1.54, 1.807) is 12.1 Å². The summed E-state index contributed by atoms with van der Waals surface area (Å²) in [5, 5.41) is 12.3. The zero-order chi connectivity index (χ0) is 13.8. The molecule has 0 aromatic heterocycles. The summed E-state index contributed by atoms with van der Waals surface area (Å²) in [6, 6.07) is 13.2. The van der Waals surface area contributed by atoms with Gasteiger partial charge in [-0.2, -0.15) is 0 Å². The standard InChI is InChI=1S/C16H17NO2/c1-3-12-6-4-5-7-15(12)17-14-9-8-13(16(18)19)10-11(14)2/h4-10,17H,3H2,1-2H3,(H,18,19). The minimum Gasteiger partial charge on any atom is -0.478 e. The lowest BCUT2D eigenvalue weighted by molar-refractivity contribution is 0.0697. The van der Waals surface area contributed by atoms with Crippen LogP contribution in [0.5, 0.6) is 0 Å². The number of nitrogens with one attached hydrogen (secondary N) is 1. The summed E-state index contributed by atoms with van der Waals surface area (Å²) in [7, 11) is 0. The fraction of sp³-hybridized carbons (Fsp3) is 0.188. The van der Waals surface area contributed by atoms with Crippen molar-refractivity contribution in [1.29, 1.82) is 0 Å². The van der Waals surface area contributed by atoms with E-state index < -0.39 is 5.97 Å². The maximum Gasteiger partial charge on any atom is 0.335 e. The SMILES string of the molecule is CCc1ccccc1Nc1ccc(C(=O)O)cc1C. The van der Waals surface area contributed by atoms with Crippen molar-refractivity contribution in [2.75, 3.05) is 5.32 Å². The third-order valence-electron chi connectivity index (χ3n) is 3.14. The highest BCUT2D eigenvalue weighted by molar-refractivity contribution is 5.88. The first kappa shape index (κ1) is 13.1. The van der Waals surface area contributed by atoms with E-state index in [0.29, 0.717) is 5.56 Å². The lowest BCUT2D eigenvalue weighted by Gasteiger charge is -2.13. The molecule has 0 aliphatic heterocycles. The van der Waals surface area contributed by atoms with Gasteiger partial charge in [-0.15, -0.1) is 0 Å². The average molecular weight is 255 g/mol. The normalized spacial score (nSPS) is 10.2.